The number of benzene rings is 1. The molecule has 5 nitrogen and oxygen atoms in total. The Hall–Kier alpha value is -2.04. The number of carbonyl (C=O) groups is 2. The van der Waals surface area contributed by atoms with Gasteiger partial charge in [0, 0.05) is 30.9 Å². The number of rotatable bonds is 7. The van der Waals surface area contributed by atoms with Crippen LogP contribution in [0.25, 0.3) is 0 Å². The number of aryl methyl sites for hydroxylation is 1. The lowest BCUT2D eigenvalue weighted by molar-refractivity contribution is -0.128. The van der Waals surface area contributed by atoms with Gasteiger partial charge in [-0.15, -0.1) is 0 Å². The first-order valence-corrected chi connectivity index (χ1v) is 7.43. The van der Waals surface area contributed by atoms with Gasteiger partial charge < -0.3 is 15.5 Å². The molecule has 116 valence electrons. The molecule has 0 aromatic heterocycles. The van der Waals surface area contributed by atoms with Crippen molar-refractivity contribution in [2.75, 3.05) is 30.3 Å². The van der Waals surface area contributed by atoms with Crippen LogP contribution in [0.4, 0.5) is 11.4 Å². The minimum absolute atomic E-state index is 0.0190. The SMILES string of the molecule is CCC(=O)Nc1cc(NCC(=O)N(CC)CC)ccc1C. The second-order valence-electron chi connectivity index (χ2n) is 4.85. The number of nitrogens with zero attached hydrogens (tertiary/aromatic N) is 1. The van der Waals surface area contributed by atoms with Gasteiger partial charge in [-0.25, -0.2) is 0 Å². The monoisotopic (exact) mass is 291 g/mol. The van der Waals surface area contributed by atoms with Crippen molar-refractivity contribution in [3.05, 3.63) is 23.8 Å². The zero-order valence-electron chi connectivity index (χ0n) is 13.3. The molecule has 0 spiro atoms. The standard InChI is InChI=1S/C16H25N3O2/c1-5-15(20)18-14-10-13(9-8-12(14)4)17-11-16(21)19(6-2)7-3/h8-10,17H,5-7,11H2,1-4H3,(H,18,20). The molecule has 1 aromatic rings. The highest BCUT2D eigenvalue weighted by Gasteiger charge is 2.09. The number of likely N-dealkylation sites (N-methyl/N-ethyl adjacent to an activating group) is 1. The average molecular weight is 291 g/mol. The van der Waals surface area contributed by atoms with Crippen molar-refractivity contribution in [3.8, 4) is 0 Å². The van der Waals surface area contributed by atoms with Gasteiger partial charge in [-0.2, -0.15) is 0 Å². The van der Waals surface area contributed by atoms with Crippen LogP contribution in [0, 0.1) is 6.92 Å². The molecular weight excluding hydrogens is 266 g/mol. The lowest BCUT2D eigenvalue weighted by atomic mass is 10.1. The normalized spacial score (nSPS) is 10.1. The molecule has 0 aliphatic heterocycles. The first-order valence-electron chi connectivity index (χ1n) is 7.43. The highest BCUT2D eigenvalue weighted by atomic mass is 16.2. The van der Waals surface area contributed by atoms with E-state index in [0.717, 1.165) is 16.9 Å². The highest BCUT2D eigenvalue weighted by molar-refractivity contribution is 5.92. The molecular formula is C16H25N3O2. The zero-order chi connectivity index (χ0) is 15.8. The molecule has 2 amide bonds. The van der Waals surface area contributed by atoms with E-state index in [1.165, 1.54) is 0 Å². The fourth-order valence-corrected chi connectivity index (χ4v) is 1.97. The van der Waals surface area contributed by atoms with Gasteiger partial charge in [-0.05, 0) is 38.5 Å². The predicted octanol–water partition coefficient (Wildman–Crippen LogP) is 2.62. The van der Waals surface area contributed by atoms with E-state index in [1.807, 2.05) is 45.9 Å². The summed E-state index contributed by atoms with van der Waals surface area (Å²) in [4.78, 5) is 25.2. The van der Waals surface area contributed by atoms with E-state index >= 15 is 0 Å². The first kappa shape index (κ1) is 17.0. The molecule has 0 unspecified atom stereocenters. The van der Waals surface area contributed by atoms with Gasteiger partial charge in [-0.3, -0.25) is 9.59 Å². The van der Waals surface area contributed by atoms with E-state index in [4.69, 9.17) is 0 Å². The zero-order valence-corrected chi connectivity index (χ0v) is 13.3. The van der Waals surface area contributed by atoms with Crippen LogP contribution < -0.4 is 10.6 Å². The average Bonchev–Trinajstić information content (AvgIpc) is 2.49. The van der Waals surface area contributed by atoms with Gasteiger partial charge in [0.05, 0.1) is 6.54 Å². The van der Waals surface area contributed by atoms with E-state index in [-0.39, 0.29) is 18.4 Å². The summed E-state index contributed by atoms with van der Waals surface area (Å²) in [6.07, 6.45) is 0.442. The predicted molar refractivity (Wildman–Crippen MR) is 86.5 cm³/mol. The molecule has 0 saturated heterocycles. The Balaban J connectivity index is 2.70. The van der Waals surface area contributed by atoms with Crippen LogP contribution in [-0.2, 0) is 9.59 Å². The van der Waals surface area contributed by atoms with E-state index in [1.54, 1.807) is 4.90 Å². The molecule has 0 heterocycles. The summed E-state index contributed by atoms with van der Waals surface area (Å²) in [5.74, 6) is 0.0502. The minimum Gasteiger partial charge on any atom is -0.376 e. The third kappa shape index (κ3) is 5.10. The molecule has 0 bridgehead atoms. The summed E-state index contributed by atoms with van der Waals surface area (Å²) < 4.78 is 0. The van der Waals surface area contributed by atoms with Crippen molar-refractivity contribution in [1.82, 2.24) is 4.90 Å². The number of hydrogen-bond acceptors (Lipinski definition) is 3. The summed E-state index contributed by atoms with van der Waals surface area (Å²) in [6, 6.07) is 5.69. The van der Waals surface area contributed by atoms with Gasteiger partial charge in [0.1, 0.15) is 0 Å². The van der Waals surface area contributed by atoms with Gasteiger partial charge in [0.15, 0.2) is 0 Å². The van der Waals surface area contributed by atoms with Gasteiger partial charge in [0.25, 0.3) is 0 Å². The summed E-state index contributed by atoms with van der Waals surface area (Å²) in [6.45, 7) is 9.36. The highest BCUT2D eigenvalue weighted by Crippen LogP contribution is 2.20. The molecule has 5 heteroatoms. The molecule has 1 aromatic carbocycles. The van der Waals surface area contributed by atoms with Crippen LogP contribution in [0.1, 0.15) is 32.8 Å². The van der Waals surface area contributed by atoms with E-state index in [0.29, 0.717) is 19.5 Å². The smallest absolute Gasteiger partial charge is 0.241 e. The van der Waals surface area contributed by atoms with Crippen molar-refractivity contribution < 1.29 is 9.59 Å². The molecule has 2 N–H and O–H groups in total. The maximum atomic E-state index is 11.9. The number of anilines is 2. The fraction of sp³-hybridized carbons (Fsp3) is 0.500. The lowest BCUT2D eigenvalue weighted by Gasteiger charge is -2.19. The maximum absolute atomic E-state index is 11.9. The maximum Gasteiger partial charge on any atom is 0.241 e. The van der Waals surface area contributed by atoms with E-state index < -0.39 is 0 Å². The fourth-order valence-electron chi connectivity index (χ4n) is 1.97. The van der Waals surface area contributed by atoms with Gasteiger partial charge in [-0.1, -0.05) is 13.0 Å². The van der Waals surface area contributed by atoms with Gasteiger partial charge in [0.2, 0.25) is 11.8 Å². The molecule has 1 rings (SSSR count). The summed E-state index contributed by atoms with van der Waals surface area (Å²) in [7, 11) is 0. The van der Waals surface area contributed by atoms with Crippen LogP contribution >= 0.6 is 0 Å². The molecule has 0 fully saturated rings. The van der Waals surface area contributed by atoms with Gasteiger partial charge >= 0.3 is 0 Å². The molecule has 0 saturated carbocycles. The Morgan fingerprint density at radius 1 is 1.14 bits per heavy atom. The Labute approximate surface area is 126 Å². The lowest BCUT2D eigenvalue weighted by Crippen LogP contribution is -2.35. The van der Waals surface area contributed by atoms with Crippen LogP contribution in [0.15, 0.2) is 18.2 Å². The van der Waals surface area contributed by atoms with Crippen molar-refractivity contribution in [3.63, 3.8) is 0 Å². The molecule has 0 radical (unpaired) electrons. The number of carbonyl (C=O) groups excluding carboxylic acids is 2. The van der Waals surface area contributed by atoms with Crippen molar-refractivity contribution in [1.29, 1.82) is 0 Å². The van der Waals surface area contributed by atoms with Crippen LogP contribution in [0.2, 0.25) is 0 Å². The van der Waals surface area contributed by atoms with Crippen molar-refractivity contribution >= 4 is 23.2 Å². The molecule has 0 aliphatic carbocycles. The molecule has 21 heavy (non-hydrogen) atoms. The van der Waals surface area contributed by atoms with Crippen molar-refractivity contribution in [2.24, 2.45) is 0 Å². The Morgan fingerprint density at radius 3 is 2.38 bits per heavy atom. The number of amides is 2. The first-order chi connectivity index (χ1) is 10.0. The van der Waals surface area contributed by atoms with Crippen molar-refractivity contribution in [2.45, 2.75) is 34.1 Å². The summed E-state index contributed by atoms with van der Waals surface area (Å²) in [5, 5.41) is 5.97. The summed E-state index contributed by atoms with van der Waals surface area (Å²) in [5.41, 5.74) is 2.60. The Morgan fingerprint density at radius 2 is 1.81 bits per heavy atom. The Bertz CT molecular complexity index is 496. The summed E-state index contributed by atoms with van der Waals surface area (Å²) >= 11 is 0. The third-order valence-electron chi connectivity index (χ3n) is 3.39. The molecule has 0 atom stereocenters. The van der Waals surface area contributed by atoms with Crippen LogP contribution in [0.5, 0.6) is 0 Å². The number of nitrogens with one attached hydrogen (secondary N) is 2. The van der Waals surface area contributed by atoms with Crippen LogP contribution in [-0.4, -0.2) is 36.3 Å². The minimum atomic E-state index is -0.0190. The van der Waals surface area contributed by atoms with E-state index in [9.17, 15) is 9.59 Å². The van der Waals surface area contributed by atoms with Crippen LogP contribution in [0.3, 0.4) is 0 Å². The quantitative estimate of drug-likeness (QED) is 0.812. The number of hydrogen-bond donors (Lipinski definition) is 2. The second-order valence-corrected chi connectivity index (χ2v) is 4.85. The third-order valence-corrected chi connectivity index (χ3v) is 3.39. The molecule has 0 aliphatic rings. The second kappa shape index (κ2) is 8.29. The van der Waals surface area contributed by atoms with E-state index in [2.05, 4.69) is 10.6 Å². The Kier molecular flexibility index (Phi) is 6.72. The largest absolute Gasteiger partial charge is 0.376 e. The topological polar surface area (TPSA) is 61.4 Å².